The summed E-state index contributed by atoms with van der Waals surface area (Å²) in [5, 5.41) is 11.5. The van der Waals surface area contributed by atoms with Crippen LogP contribution >= 0.6 is 0 Å². The van der Waals surface area contributed by atoms with Gasteiger partial charge in [0.25, 0.3) is 0 Å². The highest BCUT2D eigenvalue weighted by Gasteiger charge is 2.32. The van der Waals surface area contributed by atoms with Gasteiger partial charge in [0.15, 0.2) is 0 Å². The van der Waals surface area contributed by atoms with Gasteiger partial charge in [0, 0.05) is 39.1 Å². The molecule has 5 aromatic carbocycles. The fourth-order valence-corrected chi connectivity index (χ4v) is 7.50. The largest absolute Gasteiger partial charge is 0.497 e. The number of benzene rings is 5. The van der Waals surface area contributed by atoms with Gasteiger partial charge in [0.05, 0.1) is 20.1 Å². The minimum atomic E-state index is -0.846. The van der Waals surface area contributed by atoms with Crippen LogP contribution in [0.3, 0.4) is 0 Å². The number of nitrogens with zero attached hydrogens (tertiary/aromatic N) is 3. The van der Waals surface area contributed by atoms with Crippen molar-refractivity contribution in [2.24, 2.45) is 0 Å². The monoisotopic (exact) mass is 797 g/mol. The van der Waals surface area contributed by atoms with Gasteiger partial charge in [-0.15, -0.1) is 0 Å². The van der Waals surface area contributed by atoms with E-state index in [0.717, 1.165) is 50.8 Å². The number of carbonyl (C=O) groups excluding carboxylic acids is 4. The van der Waals surface area contributed by atoms with Crippen LogP contribution in [0.5, 0.6) is 5.75 Å². The second kappa shape index (κ2) is 21.0. The molecule has 0 saturated carbocycles. The highest BCUT2D eigenvalue weighted by Crippen LogP contribution is 2.26. The van der Waals surface area contributed by atoms with E-state index in [0.29, 0.717) is 26.1 Å². The zero-order valence-corrected chi connectivity index (χ0v) is 34.3. The van der Waals surface area contributed by atoms with Crippen LogP contribution in [0.2, 0.25) is 0 Å². The summed E-state index contributed by atoms with van der Waals surface area (Å²) in [6, 6.07) is 38.0. The van der Waals surface area contributed by atoms with Gasteiger partial charge in [-0.1, -0.05) is 123 Å². The first-order chi connectivity index (χ1) is 28.7. The second-order valence-electron chi connectivity index (χ2n) is 14.9. The van der Waals surface area contributed by atoms with Crippen LogP contribution in [0.4, 0.5) is 4.79 Å². The van der Waals surface area contributed by atoms with Crippen molar-refractivity contribution in [1.82, 2.24) is 25.6 Å². The fourth-order valence-electron chi connectivity index (χ4n) is 7.50. The van der Waals surface area contributed by atoms with Crippen molar-refractivity contribution in [3.05, 3.63) is 149 Å². The number of hydrazine groups is 1. The van der Waals surface area contributed by atoms with Crippen molar-refractivity contribution >= 4 is 34.6 Å². The molecule has 1 fully saturated rings. The Hall–Kier alpha value is -6.20. The Kier molecular flexibility index (Phi) is 15.1. The Labute approximate surface area is 347 Å². The lowest BCUT2D eigenvalue weighted by Crippen LogP contribution is -2.55. The van der Waals surface area contributed by atoms with Crippen LogP contribution < -0.4 is 15.4 Å². The molecule has 0 aromatic heterocycles. The van der Waals surface area contributed by atoms with Gasteiger partial charge in [0.1, 0.15) is 18.4 Å². The number of esters is 1. The number of carbonyl (C=O) groups is 4. The van der Waals surface area contributed by atoms with Gasteiger partial charge in [-0.05, 0) is 69.5 Å². The molecule has 59 heavy (non-hydrogen) atoms. The SMILES string of the molecule is CCCN(C(=O)NCc1ccc(OC)cc1)N1CCN(Cc2cccc3ccccc23)C(=O)[C@H](Cc2ccc(C(CC)CC(=O)OCc3ccccc3)cc2)NC(=O)C1. The Morgan fingerprint density at radius 1 is 0.831 bits per heavy atom. The highest BCUT2D eigenvalue weighted by atomic mass is 16.5. The van der Waals surface area contributed by atoms with Crippen LogP contribution in [-0.4, -0.2) is 78.1 Å². The molecule has 308 valence electrons. The molecule has 2 N–H and O–H groups in total. The van der Waals surface area contributed by atoms with Crippen LogP contribution in [-0.2, 0) is 45.2 Å². The zero-order chi connectivity index (χ0) is 41.6. The van der Waals surface area contributed by atoms with Crippen molar-refractivity contribution < 1.29 is 28.7 Å². The molecule has 1 aliphatic rings. The summed E-state index contributed by atoms with van der Waals surface area (Å²) in [6.07, 6.45) is 1.95. The van der Waals surface area contributed by atoms with Crippen molar-refractivity contribution in [3.63, 3.8) is 0 Å². The van der Waals surface area contributed by atoms with E-state index >= 15 is 0 Å². The number of hydrogen-bond acceptors (Lipinski definition) is 7. The molecule has 6 rings (SSSR count). The number of ether oxygens (including phenoxy) is 2. The van der Waals surface area contributed by atoms with Gasteiger partial charge >= 0.3 is 12.0 Å². The fraction of sp³-hybridized carbons (Fsp3) is 0.333. The van der Waals surface area contributed by atoms with E-state index in [4.69, 9.17) is 9.47 Å². The smallest absolute Gasteiger partial charge is 0.332 e. The Morgan fingerprint density at radius 2 is 1.54 bits per heavy atom. The first-order valence-corrected chi connectivity index (χ1v) is 20.5. The molecule has 5 aromatic rings. The predicted octanol–water partition coefficient (Wildman–Crippen LogP) is 7.38. The van der Waals surface area contributed by atoms with Gasteiger partial charge in [-0.2, -0.15) is 0 Å². The van der Waals surface area contributed by atoms with Crippen molar-refractivity contribution in [2.45, 2.75) is 71.2 Å². The number of fused-ring (bicyclic) bond motifs is 1. The quantitative estimate of drug-likeness (QED) is 0.100. The molecule has 1 heterocycles. The van der Waals surface area contributed by atoms with E-state index in [2.05, 4.69) is 35.8 Å². The molecule has 11 heteroatoms. The Balaban J connectivity index is 1.19. The summed E-state index contributed by atoms with van der Waals surface area (Å²) in [5.74, 6) is -0.101. The maximum atomic E-state index is 14.6. The minimum Gasteiger partial charge on any atom is -0.497 e. The summed E-state index contributed by atoms with van der Waals surface area (Å²) >= 11 is 0. The van der Waals surface area contributed by atoms with Crippen LogP contribution in [0.1, 0.15) is 66.8 Å². The zero-order valence-electron chi connectivity index (χ0n) is 34.3. The molecule has 0 aliphatic carbocycles. The third-order valence-electron chi connectivity index (χ3n) is 10.8. The number of methoxy groups -OCH3 is 1. The summed E-state index contributed by atoms with van der Waals surface area (Å²) < 4.78 is 10.8. The number of urea groups is 1. The third kappa shape index (κ3) is 11.7. The topological polar surface area (TPSA) is 121 Å². The molecule has 1 saturated heterocycles. The summed E-state index contributed by atoms with van der Waals surface area (Å²) in [6.45, 7) is 5.75. The summed E-state index contributed by atoms with van der Waals surface area (Å²) in [7, 11) is 1.61. The maximum Gasteiger partial charge on any atom is 0.332 e. The van der Waals surface area contributed by atoms with E-state index in [9.17, 15) is 19.2 Å². The first-order valence-electron chi connectivity index (χ1n) is 20.5. The maximum absolute atomic E-state index is 14.6. The van der Waals surface area contributed by atoms with Gasteiger partial charge in [-0.25, -0.2) is 9.80 Å². The van der Waals surface area contributed by atoms with Crippen molar-refractivity contribution in [2.75, 3.05) is 33.3 Å². The minimum absolute atomic E-state index is 0.0276. The molecule has 0 spiro atoms. The lowest BCUT2D eigenvalue weighted by atomic mass is 9.91. The average molecular weight is 798 g/mol. The lowest BCUT2D eigenvalue weighted by molar-refractivity contribution is -0.145. The van der Waals surface area contributed by atoms with Gasteiger partial charge < -0.3 is 25.0 Å². The van der Waals surface area contributed by atoms with Gasteiger partial charge in [-0.3, -0.25) is 19.4 Å². The molecule has 4 amide bonds. The van der Waals surface area contributed by atoms with E-state index in [-0.39, 0.29) is 68.8 Å². The summed E-state index contributed by atoms with van der Waals surface area (Å²) in [4.78, 5) is 56.8. The number of nitrogens with one attached hydrogen (secondary N) is 2. The van der Waals surface area contributed by atoms with E-state index in [1.54, 1.807) is 22.0 Å². The molecule has 2 atom stereocenters. The Morgan fingerprint density at radius 3 is 2.27 bits per heavy atom. The van der Waals surface area contributed by atoms with Crippen molar-refractivity contribution in [3.8, 4) is 5.75 Å². The molecular formula is C48H55N5O6. The predicted molar refractivity (Wildman–Crippen MR) is 229 cm³/mol. The van der Waals surface area contributed by atoms with Crippen LogP contribution in [0.25, 0.3) is 10.8 Å². The Bertz CT molecular complexity index is 2160. The lowest BCUT2D eigenvalue weighted by Gasteiger charge is -2.35. The average Bonchev–Trinajstić information content (AvgIpc) is 3.32. The number of amides is 4. The van der Waals surface area contributed by atoms with Gasteiger partial charge in [0.2, 0.25) is 11.8 Å². The van der Waals surface area contributed by atoms with Crippen molar-refractivity contribution in [1.29, 1.82) is 0 Å². The normalized spacial score (nSPS) is 15.4. The molecule has 0 bridgehead atoms. The molecule has 0 radical (unpaired) electrons. The molecule has 1 aliphatic heterocycles. The van der Waals surface area contributed by atoms with Crippen LogP contribution in [0.15, 0.2) is 121 Å². The van der Waals surface area contributed by atoms with E-state index in [1.165, 1.54) is 0 Å². The molecular weight excluding hydrogens is 743 g/mol. The van der Waals surface area contributed by atoms with E-state index < -0.39 is 6.04 Å². The highest BCUT2D eigenvalue weighted by molar-refractivity contribution is 5.90. The number of hydrogen-bond donors (Lipinski definition) is 2. The van der Waals surface area contributed by atoms with E-state index in [1.807, 2.05) is 110 Å². The molecule has 11 nitrogen and oxygen atoms in total. The second-order valence-corrected chi connectivity index (χ2v) is 14.9. The molecule has 1 unspecified atom stereocenters. The standard InChI is InChI=1S/C48H55N5O6/c1-4-26-53(48(57)49-31-36-20-24-42(58-3)25-21-36)52-28-27-51(32-41-16-11-15-40-14-9-10-17-43(40)41)47(56)44(50-45(54)33-52)29-35-18-22-39(23-19-35)38(5-2)30-46(55)59-34-37-12-7-6-8-13-37/h6-25,38,44H,4-5,26-34H2,1-3H3,(H,49,57)(H,50,54)/t38?,44-/m0/s1. The third-order valence-corrected chi connectivity index (χ3v) is 10.8. The first kappa shape index (κ1) is 42.4. The summed E-state index contributed by atoms with van der Waals surface area (Å²) in [5.41, 5.74) is 4.73. The van der Waals surface area contributed by atoms with Crippen LogP contribution in [0, 0.1) is 0 Å². The number of rotatable bonds is 16.